The molecule has 0 radical (unpaired) electrons. The van der Waals surface area contributed by atoms with Gasteiger partial charge in [0.15, 0.2) is 0 Å². The normalized spacial score (nSPS) is 17.1. The number of nitrogens with one attached hydrogen (secondary N) is 2. The minimum atomic E-state index is -0.00910. The molecule has 20 heavy (non-hydrogen) atoms. The molecule has 1 aliphatic heterocycles. The van der Waals surface area contributed by atoms with E-state index in [1.54, 1.807) is 0 Å². The summed E-state index contributed by atoms with van der Waals surface area (Å²) in [5.74, 6) is -0.00910. The monoisotopic (exact) mass is 339 g/mol. The van der Waals surface area contributed by atoms with Gasteiger partial charge in [-0.05, 0) is 60.9 Å². The molecule has 1 aromatic rings. The van der Waals surface area contributed by atoms with Crippen molar-refractivity contribution in [2.75, 3.05) is 31.5 Å². The van der Waals surface area contributed by atoms with Crippen molar-refractivity contribution in [3.05, 3.63) is 28.7 Å². The molecular weight excluding hydrogens is 318 g/mol. The highest BCUT2D eigenvalue weighted by molar-refractivity contribution is 9.10. The van der Waals surface area contributed by atoms with Crippen LogP contribution in [-0.2, 0) is 4.79 Å². The van der Waals surface area contributed by atoms with Gasteiger partial charge in [0.1, 0.15) is 0 Å². The van der Waals surface area contributed by atoms with Crippen LogP contribution in [0, 0.1) is 0 Å². The van der Waals surface area contributed by atoms with E-state index in [1.165, 1.54) is 25.9 Å². The molecule has 1 aliphatic rings. The zero-order chi connectivity index (χ0) is 14.4. The summed E-state index contributed by atoms with van der Waals surface area (Å²) in [5, 5.41) is 6.18. The summed E-state index contributed by atoms with van der Waals surface area (Å²) in [6.45, 7) is 5.87. The Hall–Kier alpha value is -0.910. The molecule has 0 aromatic heterocycles. The SMILES string of the molecule is CC(CN1CCCC1)NCC(=O)Nc1ccccc1Br. The Morgan fingerprint density at radius 3 is 2.75 bits per heavy atom. The summed E-state index contributed by atoms with van der Waals surface area (Å²) in [6.07, 6.45) is 2.60. The van der Waals surface area contributed by atoms with Crippen LogP contribution in [-0.4, -0.2) is 43.0 Å². The van der Waals surface area contributed by atoms with E-state index in [1.807, 2.05) is 24.3 Å². The molecule has 2 rings (SSSR count). The van der Waals surface area contributed by atoms with Crippen LogP contribution in [0.4, 0.5) is 5.69 Å². The van der Waals surface area contributed by atoms with Crippen molar-refractivity contribution in [1.82, 2.24) is 10.2 Å². The molecule has 4 nitrogen and oxygen atoms in total. The minimum absolute atomic E-state index is 0.00910. The van der Waals surface area contributed by atoms with E-state index in [-0.39, 0.29) is 5.91 Å². The van der Waals surface area contributed by atoms with Crippen molar-refractivity contribution in [1.29, 1.82) is 0 Å². The fraction of sp³-hybridized carbons (Fsp3) is 0.533. The summed E-state index contributed by atoms with van der Waals surface area (Å²) in [4.78, 5) is 14.3. The maximum absolute atomic E-state index is 11.9. The number of hydrogen-bond acceptors (Lipinski definition) is 3. The van der Waals surface area contributed by atoms with Gasteiger partial charge in [0.2, 0.25) is 5.91 Å². The second-order valence-corrected chi connectivity index (χ2v) is 6.17. The summed E-state index contributed by atoms with van der Waals surface area (Å²) in [7, 11) is 0. The van der Waals surface area contributed by atoms with Gasteiger partial charge in [0.05, 0.1) is 12.2 Å². The lowest BCUT2D eigenvalue weighted by molar-refractivity contribution is -0.115. The zero-order valence-electron chi connectivity index (χ0n) is 11.9. The van der Waals surface area contributed by atoms with E-state index >= 15 is 0 Å². The summed E-state index contributed by atoms with van der Waals surface area (Å²) in [6, 6.07) is 7.97. The minimum Gasteiger partial charge on any atom is -0.324 e. The molecule has 0 aliphatic carbocycles. The molecule has 1 unspecified atom stereocenters. The molecule has 5 heteroatoms. The van der Waals surface area contributed by atoms with Crippen LogP contribution >= 0.6 is 15.9 Å². The van der Waals surface area contributed by atoms with Gasteiger partial charge in [-0.1, -0.05) is 12.1 Å². The van der Waals surface area contributed by atoms with Gasteiger partial charge < -0.3 is 15.5 Å². The van der Waals surface area contributed by atoms with Crippen LogP contribution in [0.25, 0.3) is 0 Å². The van der Waals surface area contributed by atoms with Crippen molar-refractivity contribution < 1.29 is 4.79 Å². The van der Waals surface area contributed by atoms with E-state index in [2.05, 4.69) is 38.4 Å². The number of anilines is 1. The molecule has 0 bridgehead atoms. The van der Waals surface area contributed by atoms with Gasteiger partial charge in [0.25, 0.3) is 0 Å². The van der Waals surface area contributed by atoms with Crippen LogP contribution in [0.1, 0.15) is 19.8 Å². The highest BCUT2D eigenvalue weighted by atomic mass is 79.9. The topological polar surface area (TPSA) is 44.4 Å². The predicted molar refractivity (Wildman–Crippen MR) is 85.9 cm³/mol. The fourth-order valence-electron chi connectivity index (χ4n) is 2.44. The van der Waals surface area contributed by atoms with Gasteiger partial charge in [0, 0.05) is 17.1 Å². The lowest BCUT2D eigenvalue weighted by Crippen LogP contribution is -2.41. The number of rotatable bonds is 6. The standard InChI is InChI=1S/C15H22BrN3O/c1-12(11-19-8-4-5-9-19)17-10-15(20)18-14-7-3-2-6-13(14)16/h2-3,6-7,12,17H,4-5,8-11H2,1H3,(H,18,20). The highest BCUT2D eigenvalue weighted by Gasteiger charge is 2.15. The predicted octanol–water partition coefficient (Wildman–Crippen LogP) is 2.46. The highest BCUT2D eigenvalue weighted by Crippen LogP contribution is 2.20. The van der Waals surface area contributed by atoms with Gasteiger partial charge in [-0.3, -0.25) is 4.79 Å². The van der Waals surface area contributed by atoms with Crippen LogP contribution < -0.4 is 10.6 Å². The first kappa shape index (κ1) is 15.5. The number of carbonyl (C=O) groups excluding carboxylic acids is 1. The first-order chi connectivity index (χ1) is 9.65. The number of amides is 1. The number of hydrogen-bond donors (Lipinski definition) is 2. The number of halogens is 1. The fourth-order valence-corrected chi connectivity index (χ4v) is 2.82. The number of para-hydroxylation sites is 1. The number of carbonyl (C=O) groups is 1. The third-order valence-electron chi connectivity index (χ3n) is 3.49. The van der Waals surface area contributed by atoms with Gasteiger partial charge >= 0.3 is 0 Å². The number of likely N-dealkylation sites (tertiary alicyclic amines) is 1. The quantitative estimate of drug-likeness (QED) is 0.836. The Morgan fingerprint density at radius 2 is 2.05 bits per heavy atom. The molecule has 2 N–H and O–H groups in total. The summed E-state index contributed by atoms with van der Waals surface area (Å²) in [5.41, 5.74) is 0.812. The van der Waals surface area contributed by atoms with Crippen molar-refractivity contribution in [2.24, 2.45) is 0 Å². The van der Waals surface area contributed by atoms with Crippen LogP contribution in [0.3, 0.4) is 0 Å². The average Bonchev–Trinajstić information content (AvgIpc) is 2.92. The van der Waals surface area contributed by atoms with Crippen molar-refractivity contribution in [3.8, 4) is 0 Å². The van der Waals surface area contributed by atoms with Gasteiger partial charge in [-0.2, -0.15) is 0 Å². The van der Waals surface area contributed by atoms with E-state index in [4.69, 9.17) is 0 Å². The molecular formula is C15H22BrN3O. The Morgan fingerprint density at radius 1 is 1.35 bits per heavy atom. The van der Waals surface area contributed by atoms with Crippen molar-refractivity contribution in [2.45, 2.75) is 25.8 Å². The van der Waals surface area contributed by atoms with Crippen LogP contribution in [0.2, 0.25) is 0 Å². The molecule has 1 atom stereocenters. The van der Waals surface area contributed by atoms with E-state index in [9.17, 15) is 4.79 Å². The molecule has 1 fully saturated rings. The Bertz CT molecular complexity index is 446. The molecule has 1 aromatic carbocycles. The Balaban J connectivity index is 1.70. The summed E-state index contributed by atoms with van der Waals surface area (Å²) >= 11 is 3.42. The van der Waals surface area contributed by atoms with Gasteiger partial charge in [-0.25, -0.2) is 0 Å². The lowest BCUT2D eigenvalue weighted by atomic mass is 10.3. The van der Waals surface area contributed by atoms with E-state index < -0.39 is 0 Å². The number of nitrogens with zero attached hydrogens (tertiary/aromatic N) is 1. The van der Waals surface area contributed by atoms with Crippen molar-refractivity contribution >= 4 is 27.5 Å². The maximum Gasteiger partial charge on any atom is 0.238 e. The molecule has 0 saturated carbocycles. The van der Waals surface area contributed by atoms with Gasteiger partial charge in [-0.15, -0.1) is 0 Å². The summed E-state index contributed by atoms with van der Waals surface area (Å²) < 4.78 is 0.901. The largest absolute Gasteiger partial charge is 0.324 e. The van der Waals surface area contributed by atoms with Crippen LogP contribution in [0.5, 0.6) is 0 Å². The van der Waals surface area contributed by atoms with Crippen molar-refractivity contribution in [3.63, 3.8) is 0 Å². The second kappa shape index (κ2) is 7.76. The average molecular weight is 340 g/mol. The van der Waals surface area contributed by atoms with E-state index in [0.717, 1.165) is 16.7 Å². The molecule has 1 saturated heterocycles. The lowest BCUT2D eigenvalue weighted by Gasteiger charge is -2.21. The smallest absolute Gasteiger partial charge is 0.238 e. The molecule has 110 valence electrons. The molecule has 1 heterocycles. The van der Waals surface area contributed by atoms with E-state index in [0.29, 0.717) is 12.6 Å². The third kappa shape index (κ3) is 4.89. The van der Waals surface area contributed by atoms with Crippen LogP contribution in [0.15, 0.2) is 28.7 Å². The molecule has 0 spiro atoms. The third-order valence-corrected chi connectivity index (χ3v) is 4.18. The first-order valence-corrected chi connectivity index (χ1v) is 7.94. The number of benzene rings is 1. The maximum atomic E-state index is 11.9. The zero-order valence-corrected chi connectivity index (χ0v) is 13.4. The Labute approximate surface area is 129 Å². The Kier molecular flexibility index (Phi) is 6.01. The second-order valence-electron chi connectivity index (χ2n) is 5.32. The molecule has 1 amide bonds. The first-order valence-electron chi connectivity index (χ1n) is 7.15.